The van der Waals surface area contributed by atoms with Crippen LogP contribution in [0.2, 0.25) is 0 Å². The van der Waals surface area contributed by atoms with Crippen LogP contribution in [0.3, 0.4) is 0 Å². The van der Waals surface area contributed by atoms with Gasteiger partial charge in [0.05, 0.1) is 5.39 Å². The predicted molar refractivity (Wildman–Crippen MR) is 112 cm³/mol. The van der Waals surface area contributed by atoms with E-state index in [2.05, 4.69) is 15.7 Å². The molecule has 0 spiro atoms. The number of benzene rings is 1. The van der Waals surface area contributed by atoms with Gasteiger partial charge in [0.1, 0.15) is 0 Å². The summed E-state index contributed by atoms with van der Waals surface area (Å²) in [5, 5.41) is 9.54. The van der Waals surface area contributed by atoms with Crippen molar-refractivity contribution in [3.63, 3.8) is 0 Å². The number of nitrogens with one attached hydrogen (secondary N) is 2. The summed E-state index contributed by atoms with van der Waals surface area (Å²) in [7, 11) is 0. The van der Waals surface area contributed by atoms with Crippen LogP contribution >= 0.6 is 0 Å². The number of hydrogen-bond acceptors (Lipinski definition) is 6. The molecule has 0 bridgehead atoms. The molecule has 0 radical (unpaired) electrons. The second kappa shape index (κ2) is 10.5. The molecule has 0 unspecified atom stereocenters. The van der Waals surface area contributed by atoms with Crippen LogP contribution < -0.4 is 16.2 Å². The molecule has 9 nitrogen and oxygen atoms in total. The fourth-order valence-corrected chi connectivity index (χ4v) is 2.83. The Kier molecular flexibility index (Phi) is 8.08. The number of ether oxygens (including phenoxy) is 1. The molecule has 1 atom stereocenters. The van der Waals surface area contributed by atoms with Gasteiger partial charge in [-0.05, 0) is 33.3 Å². The average Bonchev–Trinajstić information content (AvgIpc) is 2.69. The third-order valence-corrected chi connectivity index (χ3v) is 4.34. The van der Waals surface area contributed by atoms with Gasteiger partial charge < -0.3 is 10.1 Å². The largest absolute Gasteiger partial charge is 0.448 e. The first-order valence-corrected chi connectivity index (χ1v) is 10.1. The van der Waals surface area contributed by atoms with Crippen molar-refractivity contribution in [2.75, 3.05) is 0 Å². The zero-order valence-electron chi connectivity index (χ0n) is 17.7. The molecular weight excluding hydrogens is 388 g/mol. The molecular formula is C21H28N4O5. The number of urea groups is 1. The average molecular weight is 416 g/mol. The minimum absolute atomic E-state index is 0.0482. The Balaban J connectivity index is 2.24. The van der Waals surface area contributed by atoms with Crippen molar-refractivity contribution in [2.45, 2.75) is 65.6 Å². The summed E-state index contributed by atoms with van der Waals surface area (Å²) in [5.41, 5.74) is -0.331. The topological polar surface area (TPSA) is 119 Å². The maximum Gasteiger partial charge on any atom is 0.360 e. The highest BCUT2D eigenvalue weighted by atomic mass is 16.5. The Hall–Kier alpha value is -3.23. The van der Waals surface area contributed by atoms with Crippen LogP contribution in [-0.2, 0) is 16.1 Å². The maximum atomic E-state index is 12.7. The van der Waals surface area contributed by atoms with Crippen LogP contribution in [0.25, 0.3) is 10.8 Å². The smallest absolute Gasteiger partial charge is 0.360 e. The zero-order chi connectivity index (χ0) is 22.3. The van der Waals surface area contributed by atoms with Crippen molar-refractivity contribution < 1.29 is 19.1 Å². The van der Waals surface area contributed by atoms with Crippen molar-refractivity contribution in [1.82, 2.24) is 20.4 Å². The van der Waals surface area contributed by atoms with Crippen molar-refractivity contribution in [3.8, 4) is 0 Å². The minimum atomic E-state index is -1.23. The molecule has 2 rings (SSSR count). The molecule has 0 aliphatic heterocycles. The Bertz CT molecular complexity index is 983. The van der Waals surface area contributed by atoms with E-state index in [1.807, 2.05) is 6.92 Å². The van der Waals surface area contributed by atoms with Crippen LogP contribution in [-0.4, -0.2) is 39.8 Å². The third-order valence-electron chi connectivity index (χ3n) is 4.34. The molecule has 1 heterocycles. The molecule has 162 valence electrons. The third kappa shape index (κ3) is 5.88. The Morgan fingerprint density at radius 1 is 1.10 bits per heavy atom. The van der Waals surface area contributed by atoms with Crippen molar-refractivity contribution in [2.24, 2.45) is 0 Å². The number of carbonyl (C=O) groups is 3. The molecule has 0 saturated heterocycles. The van der Waals surface area contributed by atoms with Crippen LogP contribution in [0.15, 0.2) is 29.1 Å². The number of hydrogen-bond donors (Lipinski definition) is 2. The molecule has 0 saturated carbocycles. The van der Waals surface area contributed by atoms with Gasteiger partial charge in [0.25, 0.3) is 11.5 Å². The highest BCUT2D eigenvalue weighted by Crippen LogP contribution is 2.15. The number of rotatable bonds is 8. The predicted octanol–water partition coefficient (Wildman–Crippen LogP) is 2.37. The number of fused-ring (bicyclic) bond motifs is 1. The second-order valence-electron chi connectivity index (χ2n) is 7.29. The number of imide groups is 1. The van der Waals surface area contributed by atoms with Crippen molar-refractivity contribution in [3.05, 3.63) is 40.3 Å². The van der Waals surface area contributed by atoms with Crippen molar-refractivity contribution in [1.29, 1.82) is 0 Å². The molecule has 9 heteroatoms. The van der Waals surface area contributed by atoms with Gasteiger partial charge in [0.15, 0.2) is 11.8 Å². The fourth-order valence-electron chi connectivity index (χ4n) is 2.83. The second-order valence-corrected chi connectivity index (χ2v) is 7.29. The van der Waals surface area contributed by atoms with E-state index in [0.717, 1.165) is 19.3 Å². The Morgan fingerprint density at radius 2 is 1.77 bits per heavy atom. The lowest BCUT2D eigenvalue weighted by Crippen LogP contribution is -2.46. The number of unbranched alkanes of at least 4 members (excludes halogenated alkanes) is 2. The molecule has 3 amide bonds. The molecule has 1 aromatic carbocycles. The fraction of sp³-hybridized carbons (Fsp3) is 0.476. The maximum absolute atomic E-state index is 12.7. The number of aryl methyl sites for hydroxylation is 1. The number of esters is 1. The first-order chi connectivity index (χ1) is 14.2. The molecule has 0 aliphatic carbocycles. The summed E-state index contributed by atoms with van der Waals surface area (Å²) in [6, 6.07) is 5.80. The van der Waals surface area contributed by atoms with Crippen LogP contribution in [0.5, 0.6) is 0 Å². The van der Waals surface area contributed by atoms with Gasteiger partial charge in [-0.25, -0.2) is 14.3 Å². The Morgan fingerprint density at radius 3 is 2.40 bits per heavy atom. The van der Waals surface area contributed by atoms with Gasteiger partial charge >= 0.3 is 12.0 Å². The molecule has 1 aromatic heterocycles. The summed E-state index contributed by atoms with van der Waals surface area (Å²) < 4.78 is 6.48. The van der Waals surface area contributed by atoms with Crippen LogP contribution in [0, 0.1) is 0 Å². The summed E-state index contributed by atoms with van der Waals surface area (Å²) in [4.78, 5) is 49.2. The molecule has 0 aliphatic rings. The quantitative estimate of drug-likeness (QED) is 0.504. The van der Waals surface area contributed by atoms with E-state index >= 15 is 0 Å². The highest BCUT2D eigenvalue weighted by Gasteiger charge is 2.24. The van der Waals surface area contributed by atoms with E-state index in [1.54, 1.807) is 38.1 Å². The number of aromatic nitrogens is 2. The molecule has 2 N–H and O–H groups in total. The van der Waals surface area contributed by atoms with Gasteiger partial charge in [-0.2, -0.15) is 5.10 Å². The summed E-state index contributed by atoms with van der Waals surface area (Å²) in [6.07, 6.45) is 1.43. The summed E-state index contributed by atoms with van der Waals surface area (Å²) in [5.74, 6) is -1.61. The van der Waals surface area contributed by atoms with E-state index in [4.69, 9.17) is 4.74 Å². The normalized spacial score (nSPS) is 11.9. The van der Waals surface area contributed by atoms with Gasteiger partial charge in [-0.1, -0.05) is 38.0 Å². The lowest BCUT2D eigenvalue weighted by molar-refractivity contribution is -0.127. The highest BCUT2D eigenvalue weighted by molar-refractivity contribution is 6.03. The summed E-state index contributed by atoms with van der Waals surface area (Å²) >= 11 is 0. The van der Waals surface area contributed by atoms with Crippen LogP contribution in [0.1, 0.15) is 57.4 Å². The SMILES string of the molecule is CCCCCn1nc(C(=O)O[C@@H](C)C(=O)NC(=O)NC(C)C)c2ccccc2c1=O. The van der Waals surface area contributed by atoms with E-state index in [-0.39, 0.29) is 17.3 Å². The summed E-state index contributed by atoms with van der Waals surface area (Å²) in [6.45, 7) is 7.28. The monoisotopic (exact) mass is 416 g/mol. The number of amides is 3. The molecule has 30 heavy (non-hydrogen) atoms. The number of nitrogens with zero attached hydrogens (tertiary/aromatic N) is 2. The van der Waals surface area contributed by atoms with E-state index < -0.39 is 24.0 Å². The van der Waals surface area contributed by atoms with Crippen LogP contribution in [0.4, 0.5) is 4.79 Å². The zero-order valence-corrected chi connectivity index (χ0v) is 17.7. The van der Waals surface area contributed by atoms with Gasteiger partial charge in [0, 0.05) is 18.0 Å². The van der Waals surface area contributed by atoms with E-state index in [9.17, 15) is 19.2 Å². The minimum Gasteiger partial charge on any atom is -0.448 e. The van der Waals surface area contributed by atoms with Gasteiger partial charge in [-0.3, -0.25) is 14.9 Å². The first kappa shape index (κ1) is 23.1. The van der Waals surface area contributed by atoms with Gasteiger partial charge in [0.2, 0.25) is 0 Å². The lowest BCUT2D eigenvalue weighted by Gasteiger charge is -2.15. The van der Waals surface area contributed by atoms with E-state index in [0.29, 0.717) is 17.3 Å². The lowest BCUT2D eigenvalue weighted by atomic mass is 10.1. The van der Waals surface area contributed by atoms with Gasteiger partial charge in [-0.15, -0.1) is 0 Å². The first-order valence-electron chi connectivity index (χ1n) is 10.1. The molecule has 2 aromatic rings. The standard InChI is InChI=1S/C21H28N4O5/c1-5-6-9-12-25-19(27)16-11-8-7-10-15(16)17(24-25)20(28)30-14(4)18(26)23-21(29)22-13(2)3/h7-8,10-11,13-14H,5-6,9,12H2,1-4H3,(H2,22,23,26,29)/t14-/m0/s1. The van der Waals surface area contributed by atoms with Crippen molar-refractivity contribution >= 4 is 28.7 Å². The Labute approximate surface area is 174 Å². The number of carbonyl (C=O) groups excluding carboxylic acids is 3. The van der Waals surface area contributed by atoms with E-state index in [1.165, 1.54) is 11.6 Å². The molecule has 0 fully saturated rings.